The van der Waals surface area contributed by atoms with Crippen molar-refractivity contribution in [3.63, 3.8) is 0 Å². The van der Waals surface area contributed by atoms with E-state index in [1.165, 1.54) is 24.2 Å². The van der Waals surface area contributed by atoms with Crippen molar-refractivity contribution >= 4 is 6.09 Å². The van der Waals surface area contributed by atoms with E-state index in [1.807, 2.05) is 0 Å². The number of aliphatic hydroxyl groups excluding tert-OH is 1. The second-order valence-corrected chi connectivity index (χ2v) is 6.77. The van der Waals surface area contributed by atoms with Crippen LogP contribution in [-0.4, -0.2) is 78.1 Å². The predicted molar refractivity (Wildman–Crippen MR) is 95.5 cm³/mol. The zero-order chi connectivity index (χ0) is 17.8. The van der Waals surface area contributed by atoms with Crippen molar-refractivity contribution in [2.24, 2.45) is 0 Å². The van der Waals surface area contributed by atoms with E-state index in [0.29, 0.717) is 6.10 Å². The van der Waals surface area contributed by atoms with E-state index in [0.717, 1.165) is 58.3 Å². The van der Waals surface area contributed by atoms with Gasteiger partial charge in [-0.1, -0.05) is 19.8 Å². The van der Waals surface area contributed by atoms with Crippen molar-refractivity contribution in [3.05, 3.63) is 0 Å². The molecule has 1 fully saturated rings. The van der Waals surface area contributed by atoms with E-state index in [-0.39, 0.29) is 12.6 Å². The molecule has 1 rings (SSSR count). The molecule has 142 valence electrons. The largest absolute Gasteiger partial charge is 0.465 e. The molecule has 1 aliphatic rings. The highest BCUT2D eigenvalue weighted by molar-refractivity contribution is 5.64. The quantitative estimate of drug-likeness (QED) is 0.533. The lowest BCUT2D eigenvalue weighted by atomic mass is 9.92. The topological polar surface area (TPSA) is 73.2 Å². The normalized spacial score (nSPS) is 21.2. The van der Waals surface area contributed by atoms with E-state index < -0.39 is 6.09 Å². The average molecular weight is 344 g/mol. The lowest BCUT2D eigenvalue weighted by Crippen LogP contribution is -2.39. The van der Waals surface area contributed by atoms with Gasteiger partial charge in [-0.15, -0.1) is 0 Å². The Hall–Kier alpha value is -0.850. The summed E-state index contributed by atoms with van der Waals surface area (Å²) in [5.41, 5.74) is 0. The molecular weight excluding hydrogens is 308 g/mol. The summed E-state index contributed by atoms with van der Waals surface area (Å²) in [6.45, 7) is 6.04. The third-order valence-corrected chi connectivity index (χ3v) is 5.08. The molecule has 0 unspecified atom stereocenters. The molecule has 0 spiro atoms. The molecule has 0 atom stereocenters. The molecule has 1 amide bonds. The van der Waals surface area contributed by atoms with E-state index in [9.17, 15) is 4.79 Å². The summed E-state index contributed by atoms with van der Waals surface area (Å²) in [5, 5.41) is 18.0. The number of likely N-dealkylation sites (N-methyl/N-ethyl adjacent to an activating group) is 1. The summed E-state index contributed by atoms with van der Waals surface area (Å²) in [6.07, 6.45) is 7.90. The summed E-state index contributed by atoms with van der Waals surface area (Å²) in [6, 6.07) is 0.155. The van der Waals surface area contributed by atoms with Gasteiger partial charge in [-0.2, -0.15) is 0 Å². The van der Waals surface area contributed by atoms with Crippen LogP contribution in [-0.2, 0) is 4.74 Å². The van der Waals surface area contributed by atoms with Gasteiger partial charge in [0.15, 0.2) is 0 Å². The zero-order valence-electron chi connectivity index (χ0n) is 15.5. The van der Waals surface area contributed by atoms with E-state index >= 15 is 0 Å². The van der Waals surface area contributed by atoms with E-state index in [4.69, 9.17) is 14.9 Å². The Balaban J connectivity index is 1.98. The highest BCUT2D eigenvalue weighted by Crippen LogP contribution is 2.24. The molecule has 0 heterocycles. The maximum atomic E-state index is 11.0. The lowest BCUT2D eigenvalue weighted by Gasteiger charge is -2.33. The summed E-state index contributed by atoms with van der Waals surface area (Å²) < 4.78 is 5.95. The second-order valence-electron chi connectivity index (χ2n) is 6.77. The van der Waals surface area contributed by atoms with Crippen LogP contribution in [0.2, 0.25) is 0 Å². The fourth-order valence-electron chi connectivity index (χ4n) is 3.37. The molecule has 0 saturated heterocycles. The molecule has 24 heavy (non-hydrogen) atoms. The van der Waals surface area contributed by atoms with Crippen LogP contribution in [0.15, 0.2) is 0 Å². The highest BCUT2D eigenvalue weighted by atomic mass is 16.5. The Labute approximate surface area is 146 Å². The number of carboxylic acid groups (broad SMARTS) is 1. The molecule has 1 aliphatic carbocycles. The number of hydrogen-bond donors (Lipinski definition) is 2. The van der Waals surface area contributed by atoms with Gasteiger partial charge in [0.05, 0.1) is 12.7 Å². The summed E-state index contributed by atoms with van der Waals surface area (Å²) >= 11 is 0. The molecule has 0 radical (unpaired) electrons. The number of carbonyl (C=O) groups is 1. The van der Waals surface area contributed by atoms with Crippen molar-refractivity contribution in [3.8, 4) is 0 Å². The first-order chi connectivity index (χ1) is 11.6. The minimum absolute atomic E-state index is 0.155. The molecule has 0 aromatic rings. The molecule has 6 heteroatoms. The number of nitrogens with zero attached hydrogens (tertiary/aromatic N) is 2. The second kappa shape index (κ2) is 12.5. The monoisotopic (exact) mass is 344 g/mol. The Bertz CT molecular complexity index is 333. The number of aliphatic hydroxyl groups is 1. The molecule has 0 aromatic carbocycles. The number of hydrogen-bond acceptors (Lipinski definition) is 4. The molecular formula is C18H36N2O4. The van der Waals surface area contributed by atoms with Crippen molar-refractivity contribution in [2.45, 2.75) is 70.4 Å². The minimum atomic E-state index is -0.833. The van der Waals surface area contributed by atoms with Crippen LogP contribution in [0.25, 0.3) is 0 Å². The maximum Gasteiger partial charge on any atom is 0.407 e. The molecule has 0 bridgehead atoms. The van der Waals surface area contributed by atoms with Crippen LogP contribution in [0.4, 0.5) is 4.79 Å². The average Bonchev–Trinajstić information content (AvgIpc) is 2.59. The van der Waals surface area contributed by atoms with Crippen LogP contribution in [0, 0.1) is 0 Å². The SMILES string of the molecule is CCN(CCO)CCCCCCOC1CCC(N(C)C(=O)O)CC1. The maximum absolute atomic E-state index is 11.0. The van der Waals surface area contributed by atoms with E-state index in [1.54, 1.807) is 7.05 Å². The first-order valence-corrected chi connectivity index (χ1v) is 9.49. The van der Waals surface area contributed by atoms with Crippen LogP contribution in [0.3, 0.4) is 0 Å². The standard InChI is InChI=1S/C18H36N2O4/c1-3-20(13-14-21)12-6-4-5-7-15-24-17-10-8-16(9-11-17)19(2)18(22)23/h16-17,21H,3-15H2,1-2H3,(H,22,23). The van der Waals surface area contributed by atoms with Gasteiger partial charge in [0.25, 0.3) is 0 Å². The van der Waals surface area contributed by atoms with Gasteiger partial charge in [0.1, 0.15) is 0 Å². The Morgan fingerprint density at radius 3 is 2.33 bits per heavy atom. The first-order valence-electron chi connectivity index (χ1n) is 9.49. The first kappa shape index (κ1) is 21.2. The summed E-state index contributed by atoms with van der Waals surface area (Å²) in [4.78, 5) is 14.7. The van der Waals surface area contributed by atoms with Gasteiger partial charge in [-0.25, -0.2) is 4.79 Å². The molecule has 1 saturated carbocycles. The van der Waals surface area contributed by atoms with Crippen LogP contribution < -0.4 is 0 Å². The highest BCUT2D eigenvalue weighted by Gasteiger charge is 2.26. The Kier molecular flexibility index (Phi) is 11.0. The fourth-order valence-corrected chi connectivity index (χ4v) is 3.37. The third kappa shape index (κ3) is 8.31. The Morgan fingerprint density at radius 1 is 1.08 bits per heavy atom. The van der Waals surface area contributed by atoms with Crippen LogP contribution in [0.1, 0.15) is 58.3 Å². The van der Waals surface area contributed by atoms with Crippen molar-refractivity contribution in [1.29, 1.82) is 0 Å². The van der Waals surface area contributed by atoms with Gasteiger partial charge in [0, 0.05) is 26.2 Å². The van der Waals surface area contributed by atoms with E-state index in [2.05, 4.69) is 11.8 Å². The molecule has 0 aromatic heterocycles. The van der Waals surface area contributed by atoms with Gasteiger partial charge in [-0.05, 0) is 51.6 Å². The number of rotatable bonds is 12. The number of amides is 1. The van der Waals surface area contributed by atoms with Gasteiger partial charge in [-0.3, -0.25) is 0 Å². The smallest absolute Gasteiger partial charge is 0.407 e. The van der Waals surface area contributed by atoms with Crippen molar-refractivity contribution in [1.82, 2.24) is 9.80 Å². The Morgan fingerprint density at radius 2 is 1.75 bits per heavy atom. The molecule has 2 N–H and O–H groups in total. The van der Waals surface area contributed by atoms with Crippen molar-refractivity contribution in [2.75, 3.05) is 39.9 Å². The third-order valence-electron chi connectivity index (χ3n) is 5.08. The molecule has 0 aliphatic heterocycles. The fraction of sp³-hybridized carbons (Fsp3) is 0.944. The van der Waals surface area contributed by atoms with Gasteiger partial charge < -0.3 is 24.7 Å². The minimum Gasteiger partial charge on any atom is -0.465 e. The lowest BCUT2D eigenvalue weighted by molar-refractivity contribution is 0.00993. The van der Waals surface area contributed by atoms with Crippen LogP contribution in [0.5, 0.6) is 0 Å². The number of unbranched alkanes of at least 4 members (excludes halogenated alkanes) is 3. The summed E-state index contributed by atoms with van der Waals surface area (Å²) in [7, 11) is 1.66. The van der Waals surface area contributed by atoms with Crippen molar-refractivity contribution < 1.29 is 19.7 Å². The van der Waals surface area contributed by atoms with Gasteiger partial charge >= 0.3 is 6.09 Å². The van der Waals surface area contributed by atoms with Gasteiger partial charge in [0.2, 0.25) is 0 Å². The molecule has 6 nitrogen and oxygen atoms in total. The number of ether oxygens (including phenoxy) is 1. The van der Waals surface area contributed by atoms with Crippen LogP contribution >= 0.6 is 0 Å². The zero-order valence-corrected chi connectivity index (χ0v) is 15.5. The predicted octanol–water partition coefficient (Wildman–Crippen LogP) is 2.80. The summed E-state index contributed by atoms with van der Waals surface area (Å²) in [5.74, 6) is 0.